The molecule has 3 aromatic rings. The quantitative estimate of drug-likeness (QED) is 0.598. The molecule has 3 heterocycles. The lowest BCUT2D eigenvalue weighted by atomic mass is 10.3. The van der Waals surface area contributed by atoms with Gasteiger partial charge in [0.05, 0.1) is 11.2 Å². The Labute approximate surface area is 160 Å². The molecular formula is C16H15F3N4O4S. The Bertz CT molecular complexity index is 876. The molecule has 0 aliphatic heterocycles. The van der Waals surface area contributed by atoms with Crippen LogP contribution in [0.2, 0.25) is 0 Å². The van der Waals surface area contributed by atoms with E-state index in [9.17, 15) is 18.0 Å². The predicted molar refractivity (Wildman–Crippen MR) is 92.7 cm³/mol. The molecule has 0 aromatic carbocycles. The molecule has 8 nitrogen and oxygen atoms in total. The van der Waals surface area contributed by atoms with E-state index in [2.05, 4.69) is 15.5 Å². The molecule has 3 aromatic heterocycles. The SMILES string of the molecule is O=C(NCCCn1ccnc1)c1cc(-c2cccs2)on1.O=C(O)C(F)(F)F. The fraction of sp³-hybridized carbons (Fsp3) is 0.250. The van der Waals surface area contributed by atoms with E-state index in [1.165, 1.54) is 0 Å². The Hall–Kier alpha value is -3.15. The summed E-state index contributed by atoms with van der Waals surface area (Å²) in [7, 11) is 0. The number of alkyl halides is 3. The van der Waals surface area contributed by atoms with Gasteiger partial charge >= 0.3 is 12.1 Å². The zero-order chi connectivity index (χ0) is 20.6. The molecule has 0 saturated heterocycles. The number of carboxylic acids is 1. The first-order valence-corrected chi connectivity index (χ1v) is 8.70. The van der Waals surface area contributed by atoms with Crippen molar-refractivity contribution < 1.29 is 32.4 Å². The Morgan fingerprint density at radius 2 is 2.11 bits per heavy atom. The predicted octanol–water partition coefficient (Wildman–Crippen LogP) is 3.05. The third kappa shape index (κ3) is 6.54. The number of carboxylic acid groups (broad SMARTS) is 1. The van der Waals surface area contributed by atoms with Crippen molar-refractivity contribution in [2.45, 2.75) is 19.1 Å². The van der Waals surface area contributed by atoms with E-state index in [1.807, 2.05) is 28.3 Å². The number of hydrogen-bond donors (Lipinski definition) is 2. The molecule has 12 heteroatoms. The average Bonchev–Trinajstić information content (AvgIpc) is 3.40. The zero-order valence-electron chi connectivity index (χ0n) is 14.2. The van der Waals surface area contributed by atoms with E-state index >= 15 is 0 Å². The van der Waals surface area contributed by atoms with E-state index in [4.69, 9.17) is 14.4 Å². The minimum Gasteiger partial charge on any atom is -0.475 e. The first-order valence-electron chi connectivity index (χ1n) is 7.82. The lowest BCUT2D eigenvalue weighted by molar-refractivity contribution is -0.192. The highest BCUT2D eigenvalue weighted by atomic mass is 32.1. The molecule has 0 bridgehead atoms. The van der Waals surface area contributed by atoms with Crippen LogP contribution in [0.25, 0.3) is 10.6 Å². The number of carbonyl (C=O) groups excluding carboxylic acids is 1. The maximum absolute atomic E-state index is 11.9. The van der Waals surface area contributed by atoms with Crippen molar-refractivity contribution in [2.24, 2.45) is 0 Å². The summed E-state index contributed by atoms with van der Waals surface area (Å²) < 4.78 is 38.9. The van der Waals surface area contributed by atoms with Crippen molar-refractivity contribution in [1.29, 1.82) is 0 Å². The molecule has 0 aliphatic carbocycles. The van der Waals surface area contributed by atoms with Gasteiger partial charge in [-0.25, -0.2) is 9.78 Å². The first-order chi connectivity index (χ1) is 13.3. The van der Waals surface area contributed by atoms with Gasteiger partial charge in [0.2, 0.25) is 0 Å². The van der Waals surface area contributed by atoms with Gasteiger partial charge in [-0.05, 0) is 17.9 Å². The van der Waals surface area contributed by atoms with Gasteiger partial charge in [0.1, 0.15) is 0 Å². The number of rotatable bonds is 6. The normalized spacial score (nSPS) is 10.8. The first kappa shape index (κ1) is 21.2. The number of amides is 1. The maximum atomic E-state index is 11.9. The van der Waals surface area contributed by atoms with Crippen LogP contribution in [0.5, 0.6) is 0 Å². The van der Waals surface area contributed by atoms with Crippen LogP contribution in [0.3, 0.4) is 0 Å². The van der Waals surface area contributed by atoms with Gasteiger partial charge in [-0.2, -0.15) is 13.2 Å². The van der Waals surface area contributed by atoms with Gasteiger partial charge in [-0.1, -0.05) is 11.2 Å². The largest absolute Gasteiger partial charge is 0.490 e. The van der Waals surface area contributed by atoms with Crippen molar-refractivity contribution >= 4 is 23.2 Å². The van der Waals surface area contributed by atoms with Crippen LogP contribution in [0.1, 0.15) is 16.9 Å². The summed E-state index contributed by atoms with van der Waals surface area (Å²) in [6.07, 6.45) is 1.14. The van der Waals surface area contributed by atoms with E-state index in [-0.39, 0.29) is 5.91 Å². The van der Waals surface area contributed by atoms with Crippen LogP contribution in [-0.4, -0.2) is 44.4 Å². The Morgan fingerprint density at radius 1 is 1.36 bits per heavy atom. The average molecular weight is 416 g/mol. The second-order valence-electron chi connectivity index (χ2n) is 5.27. The molecular weight excluding hydrogens is 401 g/mol. The van der Waals surface area contributed by atoms with Crippen LogP contribution in [0, 0.1) is 0 Å². The number of carbonyl (C=O) groups is 2. The number of aliphatic carboxylic acids is 1. The fourth-order valence-corrected chi connectivity index (χ4v) is 2.56. The monoisotopic (exact) mass is 416 g/mol. The molecule has 0 saturated carbocycles. The molecule has 3 rings (SSSR count). The topological polar surface area (TPSA) is 110 Å². The summed E-state index contributed by atoms with van der Waals surface area (Å²) in [5.41, 5.74) is 0.307. The molecule has 28 heavy (non-hydrogen) atoms. The molecule has 0 unspecified atom stereocenters. The number of aromatic nitrogens is 3. The van der Waals surface area contributed by atoms with Crippen LogP contribution < -0.4 is 5.32 Å². The van der Waals surface area contributed by atoms with Crippen molar-refractivity contribution in [1.82, 2.24) is 20.0 Å². The molecule has 2 N–H and O–H groups in total. The Morgan fingerprint density at radius 3 is 2.68 bits per heavy atom. The molecule has 150 valence electrons. The van der Waals surface area contributed by atoms with Crippen LogP contribution in [0.15, 0.2) is 46.8 Å². The van der Waals surface area contributed by atoms with Gasteiger partial charge < -0.3 is 19.5 Å². The number of nitrogens with zero attached hydrogens (tertiary/aromatic N) is 3. The summed E-state index contributed by atoms with van der Waals surface area (Å²) in [6, 6.07) is 5.52. The number of nitrogens with one attached hydrogen (secondary N) is 1. The number of hydrogen-bond acceptors (Lipinski definition) is 6. The van der Waals surface area contributed by atoms with Crippen LogP contribution in [0.4, 0.5) is 13.2 Å². The molecule has 0 aliphatic rings. The van der Waals surface area contributed by atoms with E-state index in [1.54, 1.807) is 29.9 Å². The van der Waals surface area contributed by atoms with Gasteiger partial charge in [0.15, 0.2) is 11.5 Å². The maximum Gasteiger partial charge on any atom is 0.490 e. The van der Waals surface area contributed by atoms with Gasteiger partial charge in [0.25, 0.3) is 5.91 Å². The van der Waals surface area contributed by atoms with Crippen LogP contribution >= 0.6 is 11.3 Å². The zero-order valence-corrected chi connectivity index (χ0v) is 15.0. The van der Waals surface area contributed by atoms with E-state index < -0.39 is 12.1 Å². The minimum absolute atomic E-state index is 0.216. The van der Waals surface area contributed by atoms with Crippen molar-refractivity contribution in [3.05, 3.63) is 48.0 Å². The highest BCUT2D eigenvalue weighted by molar-refractivity contribution is 7.13. The van der Waals surface area contributed by atoms with Gasteiger partial charge in [-0.3, -0.25) is 4.79 Å². The number of thiophene rings is 1. The summed E-state index contributed by atoms with van der Waals surface area (Å²) >= 11 is 1.55. The number of halogens is 3. The fourth-order valence-electron chi connectivity index (χ4n) is 1.89. The van der Waals surface area contributed by atoms with Gasteiger partial charge in [-0.15, -0.1) is 11.3 Å². The molecule has 1 amide bonds. The summed E-state index contributed by atoms with van der Waals surface area (Å²) in [5.74, 6) is -2.35. The third-order valence-corrected chi connectivity index (χ3v) is 4.07. The highest BCUT2D eigenvalue weighted by Crippen LogP contribution is 2.24. The Balaban J connectivity index is 0.000000345. The van der Waals surface area contributed by atoms with E-state index in [0.29, 0.717) is 18.0 Å². The Kier molecular flexibility index (Phi) is 7.32. The summed E-state index contributed by atoms with van der Waals surface area (Å²) in [5, 5.41) is 15.7. The number of imidazole rings is 1. The minimum atomic E-state index is -5.08. The van der Waals surface area contributed by atoms with Crippen molar-refractivity contribution in [3.8, 4) is 10.6 Å². The second kappa shape index (κ2) is 9.69. The van der Waals surface area contributed by atoms with Crippen LogP contribution in [-0.2, 0) is 11.3 Å². The summed E-state index contributed by atoms with van der Waals surface area (Å²) in [4.78, 5) is 25.8. The summed E-state index contributed by atoms with van der Waals surface area (Å²) in [6.45, 7) is 1.40. The molecule has 0 atom stereocenters. The molecule has 0 fully saturated rings. The lowest BCUT2D eigenvalue weighted by Crippen LogP contribution is -2.25. The third-order valence-electron chi connectivity index (χ3n) is 3.19. The van der Waals surface area contributed by atoms with E-state index in [0.717, 1.165) is 17.8 Å². The second-order valence-corrected chi connectivity index (χ2v) is 6.21. The van der Waals surface area contributed by atoms with Gasteiger partial charge in [0, 0.05) is 31.5 Å². The lowest BCUT2D eigenvalue weighted by Gasteiger charge is -2.03. The van der Waals surface area contributed by atoms with Crippen molar-refractivity contribution in [2.75, 3.05) is 6.54 Å². The number of aryl methyl sites for hydroxylation is 1. The molecule has 0 spiro atoms. The standard InChI is InChI=1S/C14H14N4O2S.C2HF3O2/c19-14(16-4-2-6-18-7-5-15-10-18)11-9-12(20-17-11)13-3-1-8-21-13;3-2(4,5)1(6)7/h1,3,5,7-10H,2,4,6H2,(H,16,19);(H,6,7). The smallest absolute Gasteiger partial charge is 0.475 e. The molecule has 0 radical (unpaired) electrons. The van der Waals surface area contributed by atoms with Crippen molar-refractivity contribution in [3.63, 3.8) is 0 Å². The highest BCUT2D eigenvalue weighted by Gasteiger charge is 2.38.